The second-order valence-electron chi connectivity index (χ2n) is 2.50. The molecule has 1 rings (SSSR count). The molecule has 0 heterocycles. The van der Waals surface area contributed by atoms with E-state index in [1.807, 2.05) is 0 Å². The molecule has 0 amide bonds. The lowest BCUT2D eigenvalue weighted by Crippen LogP contribution is -2.13. The highest BCUT2D eigenvalue weighted by Crippen LogP contribution is 2.23. The third-order valence-corrected chi connectivity index (χ3v) is 3.88. The fourth-order valence-electron chi connectivity index (χ4n) is 0.925. The Morgan fingerprint density at radius 1 is 1.27 bits per heavy atom. The first-order valence-electron chi connectivity index (χ1n) is 3.59. The maximum absolute atomic E-state index is 12.2. The van der Waals surface area contributed by atoms with Crippen LogP contribution in [0.4, 0.5) is 8.78 Å². The van der Waals surface area contributed by atoms with Gasteiger partial charge in [0.2, 0.25) is 9.84 Å². The lowest BCUT2D eigenvalue weighted by atomic mass is 10.4. The van der Waals surface area contributed by atoms with E-state index in [1.165, 1.54) is 12.1 Å². The molecular formula is C7H6F2O4S2. The Morgan fingerprint density at radius 3 is 2.27 bits per heavy atom. The molecule has 4 nitrogen and oxygen atoms in total. The minimum atomic E-state index is -4.84. The molecule has 0 saturated heterocycles. The Morgan fingerprint density at radius 2 is 1.80 bits per heavy atom. The Kier molecular flexibility index (Phi) is 3.53. The summed E-state index contributed by atoms with van der Waals surface area (Å²) in [6, 6.07) is 4.36. The molecule has 0 aliphatic carbocycles. The summed E-state index contributed by atoms with van der Waals surface area (Å²) < 4.78 is 65.9. The molecule has 0 saturated carbocycles. The zero-order chi connectivity index (χ0) is 11.6. The number of hydrogen-bond acceptors (Lipinski definition) is 3. The quantitative estimate of drug-likeness (QED) is 0.826. The minimum Gasteiger partial charge on any atom is -0.302 e. The Bertz CT molecular complexity index is 484. The van der Waals surface area contributed by atoms with Crippen molar-refractivity contribution in [1.82, 2.24) is 0 Å². The van der Waals surface area contributed by atoms with Gasteiger partial charge in [0, 0.05) is 0 Å². The van der Waals surface area contributed by atoms with Crippen molar-refractivity contribution in [2.75, 3.05) is 0 Å². The minimum absolute atomic E-state index is 0.544. The molecule has 8 heteroatoms. The number of hydrogen-bond donors (Lipinski definition) is 1. The summed E-state index contributed by atoms with van der Waals surface area (Å²) in [7, 11) is -4.84. The maximum atomic E-state index is 12.2. The van der Waals surface area contributed by atoms with E-state index in [-0.39, 0.29) is 0 Å². The normalized spacial score (nSPS) is 14.1. The summed E-state index contributed by atoms with van der Waals surface area (Å²) in [6.45, 7) is 0. The van der Waals surface area contributed by atoms with Gasteiger partial charge in [0.1, 0.15) is 0 Å². The smallest absolute Gasteiger partial charge is 0.302 e. The fraction of sp³-hybridized carbons (Fsp3) is 0.143. The fourth-order valence-corrected chi connectivity index (χ4v) is 2.73. The molecule has 0 aliphatic heterocycles. The van der Waals surface area contributed by atoms with Crippen molar-refractivity contribution in [3.63, 3.8) is 0 Å². The van der Waals surface area contributed by atoms with E-state index in [0.717, 1.165) is 12.1 Å². The Balaban J connectivity index is 3.45. The third kappa shape index (κ3) is 2.39. The maximum Gasteiger partial charge on any atom is 0.341 e. The van der Waals surface area contributed by atoms with Crippen LogP contribution < -0.4 is 0 Å². The lowest BCUT2D eigenvalue weighted by Gasteiger charge is -2.06. The summed E-state index contributed by atoms with van der Waals surface area (Å²) in [4.78, 5) is -1.36. The summed E-state index contributed by atoms with van der Waals surface area (Å²) in [5.41, 5.74) is 0. The van der Waals surface area contributed by atoms with E-state index in [2.05, 4.69) is 0 Å². The van der Waals surface area contributed by atoms with Crippen molar-refractivity contribution in [2.45, 2.75) is 15.5 Å². The van der Waals surface area contributed by atoms with Crippen LogP contribution in [-0.2, 0) is 20.9 Å². The molecule has 0 bridgehead atoms. The van der Waals surface area contributed by atoms with Crippen molar-refractivity contribution < 1.29 is 26.0 Å². The zero-order valence-corrected chi connectivity index (χ0v) is 8.76. The van der Waals surface area contributed by atoms with Gasteiger partial charge in [0.25, 0.3) is 0 Å². The van der Waals surface area contributed by atoms with Gasteiger partial charge in [-0.3, -0.25) is 0 Å². The largest absolute Gasteiger partial charge is 0.341 e. The lowest BCUT2D eigenvalue weighted by molar-refractivity contribution is 0.234. The Labute approximate surface area is 87.1 Å². The molecule has 0 radical (unpaired) electrons. The number of sulfone groups is 1. The van der Waals surface area contributed by atoms with Crippen LogP contribution in [0.2, 0.25) is 0 Å². The summed E-state index contributed by atoms with van der Waals surface area (Å²) in [6.07, 6.45) is 0. The first kappa shape index (κ1) is 12.2. The van der Waals surface area contributed by atoms with Crippen LogP contribution in [0.15, 0.2) is 34.1 Å². The second-order valence-corrected chi connectivity index (χ2v) is 5.33. The highest BCUT2D eigenvalue weighted by Gasteiger charge is 2.30. The average molecular weight is 256 g/mol. The first-order chi connectivity index (χ1) is 6.87. The molecule has 15 heavy (non-hydrogen) atoms. The van der Waals surface area contributed by atoms with Crippen LogP contribution >= 0.6 is 0 Å². The van der Waals surface area contributed by atoms with E-state index >= 15 is 0 Å². The van der Waals surface area contributed by atoms with Crippen LogP contribution in [0.1, 0.15) is 0 Å². The molecule has 0 spiro atoms. The van der Waals surface area contributed by atoms with Crippen molar-refractivity contribution >= 4 is 20.9 Å². The number of rotatable bonds is 3. The van der Waals surface area contributed by atoms with E-state index in [9.17, 15) is 21.4 Å². The predicted molar refractivity (Wildman–Crippen MR) is 48.7 cm³/mol. The molecule has 1 aromatic rings. The van der Waals surface area contributed by atoms with Gasteiger partial charge in [-0.15, -0.1) is 0 Å². The monoisotopic (exact) mass is 256 g/mol. The number of halogens is 2. The van der Waals surface area contributed by atoms with E-state index < -0.39 is 36.5 Å². The Hall–Kier alpha value is -0.860. The van der Waals surface area contributed by atoms with Gasteiger partial charge in [-0.25, -0.2) is 12.6 Å². The van der Waals surface area contributed by atoms with Gasteiger partial charge < -0.3 is 4.55 Å². The third-order valence-electron chi connectivity index (χ3n) is 1.58. The molecule has 84 valence electrons. The van der Waals surface area contributed by atoms with Crippen LogP contribution in [0.5, 0.6) is 0 Å². The molecule has 0 fully saturated rings. The van der Waals surface area contributed by atoms with Gasteiger partial charge in [-0.1, -0.05) is 12.1 Å². The summed E-state index contributed by atoms with van der Waals surface area (Å²) in [5.74, 6) is -3.61. The standard InChI is InChI=1S/C7H6F2O4S2/c8-7(9)15(12,13)6-4-2-1-3-5(6)14(10)11/h1-4,7H,(H,10,11). The summed E-state index contributed by atoms with van der Waals surface area (Å²) in [5, 5.41) is 0. The molecule has 1 unspecified atom stereocenters. The van der Waals surface area contributed by atoms with Crippen LogP contribution in [-0.4, -0.2) is 22.9 Å². The van der Waals surface area contributed by atoms with Gasteiger partial charge in [-0.05, 0) is 12.1 Å². The highest BCUT2D eigenvalue weighted by molar-refractivity contribution is 7.92. The SMILES string of the molecule is O=S(O)c1ccccc1S(=O)(=O)C(F)F. The van der Waals surface area contributed by atoms with Crippen molar-refractivity contribution in [3.8, 4) is 0 Å². The number of benzene rings is 1. The molecule has 1 aromatic carbocycles. The van der Waals surface area contributed by atoms with Crippen molar-refractivity contribution in [3.05, 3.63) is 24.3 Å². The number of alkyl halides is 2. The topological polar surface area (TPSA) is 71.4 Å². The van der Waals surface area contributed by atoms with E-state index in [4.69, 9.17) is 4.55 Å². The van der Waals surface area contributed by atoms with Gasteiger partial charge in [-0.2, -0.15) is 8.78 Å². The van der Waals surface area contributed by atoms with E-state index in [1.54, 1.807) is 0 Å². The molecule has 0 aromatic heterocycles. The van der Waals surface area contributed by atoms with Crippen molar-refractivity contribution in [1.29, 1.82) is 0 Å². The molecule has 0 aliphatic rings. The molecular weight excluding hydrogens is 250 g/mol. The van der Waals surface area contributed by atoms with Crippen LogP contribution in [0, 0.1) is 0 Å². The van der Waals surface area contributed by atoms with Gasteiger partial charge >= 0.3 is 5.76 Å². The van der Waals surface area contributed by atoms with Gasteiger partial charge in [0.05, 0.1) is 9.79 Å². The average Bonchev–Trinajstić information content (AvgIpc) is 2.17. The van der Waals surface area contributed by atoms with Crippen LogP contribution in [0.25, 0.3) is 0 Å². The first-order valence-corrected chi connectivity index (χ1v) is 6.24. The van der Waals surface area contributed by atoms with Gasteiger partial charge in [0.15, 0.2) is 11.1 Å². The van der Waals surface area contributed by atoms with E-state index in [0.29, 0.717) is 0 Å². The molecule has 1 N–H and O–H groups in total. The summed E-state index contributed by atoms with van der Waals surface area (Å²) >= 11 is -2.62. The van der Waals surface area contributed by atoms with Crippen LogP contribution in [0.3, 0.4) is 0 Å². The van der Waals surface area contributed by atoms with Crippen molar-refractivity contribution in [2.24, 2.45) is 0 Å². The second kappa shape index (κ2) is 4.33. The predicted octanol–water partition coefficient (Wildman–Crippen LogP) is 1.26. The molecule has 1 atom stereocenters. The highest BCUT2D eigenvalue weighted by atomic mass is 32.2. The zero-order valence-electron chi connectivity index (χ0n) is 7.13.